The number of anilines is 1. The van der Waals surface area contributed by atoms with Crippen molar-refractivity contribution in [3.8, 4) is 10.7 Å². The number of piperidine rings is 1. The van der Waals surface area contributed by atoms with Crippen LogP contribution in [0, 0.1) is 5.92 Å². The van der Waals surface area contributed by atoms with E-state index < -0.39 is 0 Å². The number of rotatable bonds is 8. The van der Waals surface area contributed by atoms with E-state index in [1.807, 2.05) is 17.5 Å². The van der Waals surface area contributed by atoms with E-state index in [2.05, 4.69) is 49.5 Å². The molecule has 1 N–H and O–H groups in total. The molecule has 3 aromatic rings. The molecule has 4 heterocycles. The molecule has 0 saturated carbocycles. The summed E-state index contributed by atoms with van der Waals surface area (Å²) >= 11 is 1.60. The summed E-state index contributed by atoms with van der Waals surface area (Å²) in [4.78, 5) is 23.0. The molecule has 2 aliphatic rings. The molecule has 2 aliphatic heterocycles. The van der Waals surface area contributed by atoms with Crippen LogP contribution >= 0.6 is 11.3 Å². The van der Waals surface area contributed by atoms with Crippen molar-refractivity contribution < 1.29 is 9.32 Å². The van der Waals surface area contributed by atoms with E-state index in [9.17, 15) is 4.79 Å². The summed E-state index contributed by atoms with van der Waals surface area (Å²) in [5.74, 6) is 1.44. The maximum Gasteiger partial charge on any atom is 0.241 e. The van der Waals surface area contributed by atoms with Gasteiger partial charge in [-0.1, -0.05) is 29.4 Å². The van der Waals surface area contributed by atoms with Gasteiger partial charge in [0.25, 0.3) is 0 Å². The molecule has 168 valence electrons. The van der Waals surface area contributed by atoms with Gasteiger partial charge >= 0.3 is 0 Å². The van der Waals surface area contributed by atoms with Gasteiger partial charge in [-0.25, -0.2) is 0 Å². The van der Waals surface area contributed by atoms with Gasteiger partial charge in [0.1, 0.15) is 0 Å². The molecule has 1 atom stereocenters. The molecule has 0 spiro atoms. The molecule has 32 heavy (non-hydrogen) atoms. The van der Waals surface area contributed by atoms with E-state index in [1.54, 1.807) is 11.3 Å². The van der Waals surface area contributed by atoms with Gasteiger partial charge in [-0.2, -0.15) is 4.98 Å². The second kappa shape index (κ2) is 9.83. The molecule has 0 bridgehead atoms. The van der Waals surface area contributed by atoms with Gasteiger partial charge in [0.2, 0.25) is 17.6 Å². The second-order valence-electron chi connectivity index (χ2n) is 8.57. The van der Waals surface area contributed by atoms with Crippen molar-refractivity contribution in [2.75, 3.05) is 37.6 Å². The fourth-order valence-corrected chi connectivity index (χ4v) is 5.34. The van der Waals surface area contributed by atoms with Crippen LogP contribution in [0.15, 0.2) is 46.3 Å². The van der Waals surface area contributed by atoms with Gasteiger partial charge in [0.05, 0.1) is 17.3 Å². The lowest BCUT2D eigenvalue weighted by Gasteiger charge is -2.31. The fourth-order valence-electron chi connectivity index (χ4n) is 4.69. The summed E-state index contributed by atoms with van der Waals surface area (Å²) in [7, 11) is 0. The molecule has 8 heteroatoms. The number of hydrogen-bond acceptors (Lipinski definition) is 7. The molecule has 5 rings (SSSR count). The number of carbonyl (C=O) groups excluding carboxylic acids is 1. The van der Waals surface area contributed by atoms with Crippen molar-refractivity contribution in [2.24, 2.45) is 5.92 Å². The SMILES string of the molecule is O=C(NCCCN1CCc2ccccc21)C1CCCN(Cc2nc(-c3cccs3)no2)C1. The van der Waals surface area contributed by atoms with Crippen molar-refractivity contribution in [3.63, 3.8) is 0 Å². The number of hydrogen-bond donors (Lipinski definition) is 1. The van der Waals surface area contributed by atoms with Crippen molar-refractivity contribution in [1.82, 2.24) is 20.4 Å². The monoisotopic (exact) mass is 451 g/mol. The van der Waals surface area contributed by atoms with Crippen LogP contribution in [0.3, 0.4) is 0 Å². The zero-order valence-electron chi connectivity index (χ0n) is 18.2. The van der Waals surface area contributed by atoms with E-state index in [1.165, 1.54) is 11.3 Å². The highest BCUT2D eigenvalue weighted by molar-refractivity contribution is 7.13. The van der Waals surface area contributed by atoms with Crippen molar-refractivity contribution in [2.45, 2.75) is 32.2 Å². The predicted octanol–water partition coefficient (Wildman–Crippen LogP) is 3.58. The maximum atomic E-state index is 12.7. The molecule has 1 fully saturated rings. The van der Waals surface area contributed by atoms with E-state index >= 15 is 0 Å². The Morgan fingerprint density at radius 2 is 2.16 bits per heavy atom. The van der Waals surface area contributed by atoms with Gasteiger partial charge in [-0.3, -0.25) is 9.69 Å². The standard InChI is InChI=1S/C24H29N5O2S/c30-24(25-11-5-13-29-14-10-18-6-1-2-8-20(18)29)19-7-3-12-28(16-19)17-22-26-23(27-31-22)21-9-4-15-32-21/h1-2,4,6,8-9,15,19H,3,5,7,10-14,16-17H2,(H,25,30). The van der Waals surface area contributed by atoms with Crippen molar-refractivity contribution in [3.05, 3.63) is 53.2 Å². The van der Waals surface area contributed by atoms with Crippen LogP contribution in [0.4, 0.5) is 5.69 Å². The molecule has 1 saturated heterocycles. The zero-order valence-corrected chi connectivity index (χ0v) is 19.0. The number of likely N-dealkylation sites (tertiary alicyclic amines) is 1. The summed E-state index contributed by atoms with van der Waals surface area (Å²) in [6, 6.07) is 12.6. The lowest BCUT2D eigenvalue weighted by atomic mass is 9.97. The summed E-state index contributed by atoms with van der Waals surface area (Å²) in [5, 5.41) is 9.26. The largest absolute Gasteiger partial charge is 0.371 e. The number of para-hydroxylation sites is 1. The Labute approximate surface area is 192 Å². The number of benzene rings is 1. The smallest absolute Gasteiger partial charge is 0.241 e. The lowest BCUT2D eigenvalue weighted by molar-refractivity contribution is -0.126. The van der Waals surface area contributed by atoms with Crippen LogP contribution in [0.5, 0.6) is 0 Å². The average Bonchev–Trinajstić information content (AvgIpc) is 3.58. The van der Waals surface area contributed by atoms with Crippen LogP contribution in [0.2, 0.25) is 0 Å². The van der Waals surface area contributed by atoms with E-state index in [-0.39, 0.29) is 11.8 Å². The van der Waals surface area contributed by atoms with Gasteiger partial charge in [-0.05, 0) is 55.3 Å². The number of nitrogens with one attached hydrogen (secondary N) is 1. The van der Waals surface area contributed by atoms with Gasteiger partial charge < -0.3 is 14.7 Å². The first kappa shape index (κ1) is 21.2. The Kier molecular flexibility index (Phi) is 6.50. The van der Waals surface area contributed by atoms with E-state index in [4.69, 9.17) is 4.52 Å². The Balaban J connectivity index is 1.06. The fraction of sp³-hybridized carbons (Fsp3) is 0.458. The molecule has 0 radical (unpaired) electrons. The first-order valence-electron chi connectivity index (χ1n) is 11.5. The third kappa shape index (κ3) is 4.86. The van der Waals surface area contributed by atoms with Crippen LogP contribution in [-0.2, 0) is 17.8 Å². The zero-order chi connectivity index (χ0) is 21.8. The normalized spacial score (nSPS) is 18.6. The third-order valence-corrected chi connectivity index (χ3v) is 7.20. The first-order valence-corrected chi connectivity index (χ1v) is 12.3. The van der Waals surface area contributed by atoms with Crippen LogP contribution in [0.25, 0.3) is 10.7 Å². The molecule has 0 aliphatic carbocycles. The molecule has 2 aromatic heterocycles. The van der Waals surface area contributed by atoms with E-state index in [0.29, 0.717) is 18.3 Å². The quantitative estimate of drug-likeness (QED) is 0.528. The van der Waals surface area contributed by atoms with Gasteiger partial charge in [0, 0.05) is 31.9 Å². The summed E-state index contributed by atoms with van der Waals surface area (Å²) < 4.78 is 5.44. The minimum atomic E-state index is 0.0240. The van der Waals surface area contributed by atoms with E-state index in [0.717, 1.165) is 63.3 Å². The summed E-state index contributed by atoms with van der Waals surface area (Å²) in [5.41, 5.74) is 2.78. The number of carbonyl (C=O) groups is 1. The Morgan fingerprint density at radius 3 is 3.06 bits per heavy atom. The van der Waals surface area contributed by atoms with Crippen LogP contribution in [-0.4, -0.2) is 53.7 Å². The summed E-state index contributed by atoms with van der Waals surface area (Å²) in [6.07, 6.45) is 4.03. The van der Waals surface area contributed by atoms with Crippen LogP contribution < -0.4 is 10.2 Å². The number of amides is 1. The van der Waals surface area contributed by atoms with Gasteiger partial charge in [0.15, 0.2) is 0 Å². The molecule has 1 amide bonds. The maximum absolute atomic E-state index is 12.7. The highest BCUT2D eigenvalue weighted by Gasteiger charge is 2.27. The average molecular weight is 452 g/mol. The highest BCUT2D eigenvalue weighted by atomic mass is 32.1. The second-order valence-corrected chi connectivity index (χ2v) is 9.52. The first-order chi connectivity index (χ1) is 15.8. The number of thiophene rings is 1. The molecular formula is C24H29N5O2S. The molecule has 1 unspecified atom stereocenters. The molecule has 7 nitrogen and oxygen atoms in total. The lowest BCUT2D eigenvalue weighted by Crippen LogP contribution is -2.43. The minimum Gasteiger partial charge on any atom is -0.371 e. The van der Waals surface area contributed by atoms with Crippen molar-refractivity contribution >= 4 is 22.9 Å². The molecule has 1 aromatic carbocycles. The number of nitrogens with zero attached hydrogens (tertiary/aromatic N) is 4. The summed E-state index contributed by atoms with van der Waals surface area (Å²) in [6.45, 7) is 5.07. The Morgan fingerprint density at radius 1 is 1.22 bits per heavy atom. The minimum absolute atomic E-state index is 0.0240. The van der Waals surface area contributed by atoms with Gasteiger partial charge in [-0.15, -0.1) is 11.3 Å². The Bertz CT molecular complexity index is 1030. The number of aromatic nitrogens is 2. The topological polar surface area (TPSA) is 74.5 Å². The van der Waals surface area contributed by atoms with Crippen LogP contribution in [0.1, 0.15) is 30.7 Å². The molecular weight excluding hydrogens is 422 g/mol. The number of fused-ring (bicyclic) bond motifs is 1. The predicted molar refractivity (Wildman–Crippen MR) is 126 cm³/mol. The van der Waals surface area contributed by atoms with Crippen molar-refractivity contribution in [1.29, 1.82) is 0 Å². The highest BCUT2D eigenvalue weighted by Crippen LogP contribution is 2.27. The third-order valence-electron chi connectivity index (χ3n) is 6.33. The Hall–Kier alpha value is -2.71.